The standard InChI is InChI=1S/C16H15NO3S/c1-12-6-8-15(20-12)11-17-21(18,19)16-9-7-13-4-2-3-5-14(13)10-16/h2-10,17H,11H2,1H3. The van der Waals surface area contributed by atoms with Gasteiger partial charge < -0.3 is 4.42 Å². The normalized spacial score (nSPS) is 11.9. The van der Waals surface area contributed by atoms with Gasteiger partial charge in [-0.1, -0.05) is 30.3 Å². The molecule has 4 nitrogen and oxygen atoms in total. The van der Waals surface area contributed by atoms with Crippen LogP contribution in [0.2, 0.25) is 0 Å². The number of fused-ring (bicyclic) bond motifs is 1. The highest BCUT2D eigenvalue weighted by Gasteiger charge is 2.14. The number of hydrogen-bond acceptors (Lipinski definition) is 3. The zero-order valence-electron chi connectivity index (χ0n) is 11.5. The Bertz CT molecular complexity index is 881. The number of hydrogen-bond donors (Lipinski definition) is 1. The van der Waals surface area contributed by atoms with Crippen LogP contribution in [0.3, 0.4) is 0 Å². The Hall–Kier alpha value is -2.11. The average Bonchev–Trinajstić information content (AvgIpc) is 2.90. The molecule has 3 rings (SSSR count). The molecule has 0 bridgehead atoms. The lowest BCUT2D eigenvalue weighted by Crippen LogP contribution is -2.22. The van der Waals surface area contributed by atoms with Gasteiger partial charge in [0.15, 0.2) is 0 Å². The van der Waals surface area contributed by atoms with Crippen molar-refractivity contribution in [2.24, 2.45) is 0 Å². The highest BCUT2D eigenvalue weighted by Crippen LogP contribution is 2.19. The van der Waals surface area contributed by atoms with E-state index in [1.165, 1.54) is 0 Å². The topological polar surface area (TPSA) is 59.3 Å². The van der Waals surface area contributed by atoms with Gasteiger partial charge in [0.05, 0.1) is 11.4 Å². The summed E-state index contributed by atoms with van der Waals surface area (Å²) in [4.78, 5) is 0.254. The van der Waals surface area contributed by atoms with Crippen LogP contribution in [0.1, 0.15) is 11.5 Å². The minimum atomic E-state index is -3.55. The largest absolute Gasteiger partial charge is 0.465 e. The second kappa shape index (κ2) is 5.35. The van der Waals surface area contributed by atoms with Crippen LogP contribution >= 0.6 is 0 Å². The Balaban J connectivity index is 1.85. The van der Waals surface area contributed by atoms with E-state index in [9.17, 15) is 8.42 Å². The maximum Gasteiger partial charge on any atom is 0.240 e. The summed E-state index contributed by atoms with van der Waals surface area (Å²) in [5.74, 6) is 1.35. The molecule has 0 saturated heterocycles. The molecular weight excluding hydrogens is 286 g/mol. The Morgan fingerprint density at radius 1 is 1.00 bits per heavy atom. The number of sulfonamides is 1. The molecule has 2 aromatic carbocycles. The van der Waals surface area contributed by atoms with E-state index in [0.29, 0.717) is 5.76 Å². The summed E-state index contributed by atoms with van der Waals surface area (Å²) >= 11 is 0. The molecule has 1 aromatic heterocycles. The van der Waals surface area contributed by atoms with Crippen molar-refractivity contribution >= 4 is 20.8 Å². The predicted molar refractivity (Wildman–Crippen MR) is 81.4 cm³/mol. The molecule has 0 spiro atoms. The van der Waals surface area contributed by atoms with Crippen LogP contribution in [0.4, 0.5) is 0 Å². The lowest BCUT2D eigenvalue weighted by molar-refractivity contribution is 0.475. The molecule has 0 aliphatic rings. The molecule has 0 amide bonds. The average molecular weight is 301 g/mol. The van der Waals surface area contributed by atoms with Crippen LogP contribution in [0.25, 0.3) is 10.8 Å². The summed E-state index contributed by atoms with van der Waals surface area (Å²) in [5, 5.41) is 1.91. The fraction of sp³-hybridized carbons (Fsp3) is 0.125. The Labute approximate surface area is 123 Å². The molecular formula is C16H15NO3S. The molecule has 0 aliphatic heterocycles. The molecule has 0 aliphatic carbocycles. The third-order valence-electron chi connectivity index (χ3n) is 3.26. The summed E-state index contributed by atoms with van der Waals surface area (Å²) < 4.78 is 32.5. The van der Waals surface area contributed by atoms with Gasteiger partial charge in [0.1, 0.15) is 11.5 Å². The van der Waals surface area contributed by atoms with E-state index in [1.54, 1.807) is 30.3 Å². The summed E-state index contributed by atoms with van der Waals surface area (Å²) in [6, 6.07) is 16.3. The minimum Gasteiger partial charge on any atom is -0.465 e. The zero-order chi connectivity index (χ0) is 14.9. The van der Waals surface area contributed by atoms with Crippen molar-refractivity contribution in [2.75, 3.05) is 0 Å². The van der Waals surface area contributed by atoms with E-state index in [1.807, 2.05) is 31.2 Å². The maximum atomic E-state index is 12.3. The van der Waals surface area contributed by atoms with Crippen LogP contribution in [-0.2, 0) is 16.6 Å². The highest BCUT2D eigenvalue weighted by molar-refractivity contribution is 7.89. The molecule has 0 unspecified atom stereocenters. The Morgan fingerprint density at radius 3 is 2.48 bits per heavy atom. The molecule has 0 radical (unpaired) electrons. The monoisotopic (exact) mass is 301 g/mol. The fourth-order valence-electron chi connectivity index (χ4n) is 2.16. The second-order valence-electron chi connectivity index (χ2n) is 4.85. The minimum absolute atomic E-state index is 0.142. The van der Waals surface area contributed by atoms with Gasteiger partial charge in [0.25, 0.3) is 0 Å². The van der Waals surface area contributed by atoms with E-state index in [2.05, 4.69) is 4.72 Å². The molecule has 1 heterocycles. The van der Waals surface area contributed by atoms with Crippen LogP contribution in [0.15, 0.2) is 63.9 Å². The summed E-state index contributed by atoms with van der Waals surface area (Å²) in [7, 11) is -3.55. The summed E-state index contributed by atoms with van der Waals surface area (Å²) in [6.45, 7) is 1.96. The van der Waals surface area contributed by atoms with Gasteiger partial charge in [0.2, 0.25) is 10.0 Å². The van der Waals surface area contributed by atoms with Crippen LogP contribution < -0.4 is 4.72 Å². The number of rotatable bonds is 4. The summed E-state index contributed by atoms with van der Waals surface area (Å²) in [6.07, 6.45) is 0. The Morgan fingerprint density at radius 2 is 1.76 bits per heavy atom. The van der Waals surface area contributed by atoms with Gasteiger partial charge in [-0.2, -0.15) is 0 Å². The molecule has 3 aromatic rings. The third kappa shape index (κ3) is 2.99. The molecule has 0 saturated carbocycles. The van der Waals surface area contributed by atoms with Crippen LogP contribution in [-0.4, -0.2) is 8.42 Å². The number of furan rings is 1. The molecule has 0 fully saturated rings. The first kappa shape index (κ1) is 13.9. The van der Waals surface area contributed by atoms with E-state index in [0.717, 1.165) is 16.5 Å². The van der Waals surface area contributed by atoms with Gasteiger partial charge in [-0.25, -0.2) is 13.1 Å². The van der Waals surface area contributed by atoms with Crippen LogP contribution in [0.5, 0.6) is 0 Å². The van der Waals surface area contributed by atoms with Gasteiger partial charge >= 0.3 is 0 Å². The number of benzene rings is 2. The fourth-order valence-corrected chi connectivity index (χ4v) is 3.19. The molecule has 5 heteroatoms. The quantitative estimate of drug-likeness (QED) is 0.805. The van der Waals surface area contributed by atoms with Gasteiger partial charge in [-0.15, -0.1) is 0 Å². The molecule has 1 N–H and O–H groups in total. The van der Waals surface area contributed by atoms with Gasteiger partial charge in [0, 0.05) is 0 Å². The van der Waals surface area contributed by atoms with Crippen molar-refractivity contribution in [3.8, 4) is 0 Å². The lowest BCUT2D eigenvalue weighted by Gasteiger charge is -2.06. The predicted octanol–water partition coefficient (Wildman–Crippen LogP) is 3.22. The van der Waals surface area contributed by atoms with Crippen molar-refractivity contribution in [3.63, 3.8) is 0 Å². The van der Waals surface area contributed by atoms with E-state index >= 15 is 0 Å². The number of nitrogens with one attached hydrogen (secondary N) is 1. The highest BCUT2D eigenvalue weighted by atomic mass is 32.2. The van der Waals surface area contributed by atoms with Gasteiger partial charge in [-0.3, -0.25) is 0 Å². The van der Waals surface area contributed by atoms with Crippen molar-refractivity contribution in [1.29, 1.82) is 0 Å². The smallest absolute Gasteiger partial charge is 0.240 e. The van der Waals surface area contributed by atoms with E-state index in [-0.39, 0.29) is 11.4 Å². The van der Waals surface area contributed by atoms with E-state index in [4.69, 9.17) is 4.42 Å². The maximum absolute atomic E-state index is 12.3. The summed E-state index contributed by atoms with van der Waals surface area (Å²) in [5.41, 5.74) is 0. The molecule has 108 valence electrons. The first-order valence-corrected chi connectivity index (χ1v) is 8.07. The SMILES string of the molecule is Cc1ccc(CNS(=O)(=O)c2ccc3ccccc3c2)o1. The van der Waals surface area contributed by atoms with Crippen LogP contribution in [0, 0.1) is 6.92 Å². The third-order valence-corrected chi connectivity index (χ3v) is 4.66. The zero-order valence-corrected chi connectivity index (χ0v) is 12.4. The van der Waals surface area contributed by atoms with Crippen molar-refractivity contribution < 1.29 is 12.8 Å². The second-order valence-corrected chi connectivity index (χ2v) is 6.61. The number of aryl methyl sites for hydroxylation is 1. The molecule has 0 atom stereocenters. The Kier molecular flexibility index (Phi) is 3.53. The van der Waals surface area contributed by atoms with Crippen molar-refractivity contribution in [1.82, 2.24) is 4.72 Å². The lowest BCUT2D eigenvalue weighted by atomic mass is 10.1. The van der Waals surface area contributed by atoms with E-state index < -0.39 is 10.0 Å². The molecule has 21 heavy (non-hydrogen) atoms. The first-order chi connectivity index (χ1) is 10.0. The first-order valence-electron chi connectivity index (χ1n) is 6.58. The van der Waals surface area contributed by atoms with Crippen molar-refractivity contribution in [2.45, 2.75) is 18.4 Å². The van der Waals surface area contributed by atoms with Gasteiger partial charge in [-0.05, 0) is 42.0 Å². The van der Waals surface area contributed by atoms with Crippen molar-refractivity contribution in [3.05, 3.63) is 66.1 Å².